The largest absolute Gasteiger partial charge is 0.356 e. The number of anilines is 2. The van der Waals surface area contributed by atoms with Crippen LogP contribution in [0.25, 0.3) is 10.9 Å². The molecular weight excluding hydrogens is 234 g/mol. The zero-order valence-electron chi connectivity index (χ0n) is 10.5. The molecule has 1 aromatic heterocycles. The van der Waals surface area contributed by atoms with Crippen LogP contribution in [0.2, 0.25) is 0 Å². The van der Waals surface area contributed by atoms with Gasteiger partial charge < -0.3 is 11.1 Å². The lowest BCUT2D eigenvalue weighted by atomic mass is 10.1. The third kappa shape index (κ3) is 2.56. The van der Waals surface area contributed by atoms with Gasteiger partial charge in [-0.25, -0.2) is 0 Å². The van der Waals surface area contributed by atoms with Crippen LogP contribution in [0.1, 0.15) is 5.69 Å². The van der Waals surface area contributed by atoms with Gasteiger partial charge in [0.25, 0.3) is 0 Å². The molecule has 0 radical (unpaired) electrons. The number of benzene rings is 2. The standard InChI is InChI=1S/C16H15N3/c17-11-15-7-6-12-10-14(8-9-16(12)19-15)18-13-4-2-1-3-5-13/h1-10,18H,11,17H2. The van der Waals surface area contributed by atoms with E-state index in [-0.39, 0.29) is 0 Å². The third-order valence-corrected chi connectivity index (χ3v) is 3.02. The Hall–Kier alpha value is -2.39. The average molecular weight is 249 g/mol. The Morgan fingerprint density at radius 2 is 1.74 bits per heavy atom. The number of para-hydroxylation sites is 1. The first-order valence-electron chi connectivity index (χ1n) is 6.27. The van der Waals surface area contributed by atoms with Gasteiger partial charge in [0.2, 0.25) is 0 Å². The first-order valence-corrected chi connectivity index (χ1v) is 6.27. The smallest absolute Gasteiger partial charge is 0.0707 e. The summed E-state index contributed by atoms with van der Waals surface area (Å²) in [5, 5.41) is 4.48. The molecule has 3 aromatic rings. The fourth-order valence-corrected chi connectivity index (χ4v) is 2.05. The van der Waals surface area contributed by atoms with Gasteiger partial charge in [-0.2, -0.15) is 0 Å². The summed E-state index contributed by atoms with van der Waals surface area (Å²) in [7, 11) is 0. The molecule has 0 amide bonds. The second-order valence-corrected chi connectivity index (χ2v) is 4.41. The van der Waals surface area contributed by atoms with Crippen LogP contribution in [0.5, 0.6) is 0 Å². The van der Waals surface area contributed by atoms with E-state index in [1.807, 2.05) is 48.5 Å². The SMILES string of the molecule is NCc1ccc2cc(Nc3ccccc3)ccc2n1. The van der Waals surface area contributed by atoms with Crippen molar-refractivity contribution in [3.05, 3.63) is 66.4 Å². The van der Waals surface area contributed by atoms with E-state index >= 15 is 0 Å². The van der Waals surface area contributed by atoms with Crippen LogP contribution in [-0.4, -0.2) is 4.98 Å². The van der Waals surface area contributed by atoms with E-state index in [1.54, 1.807) is 0 Å². The van der Waals surface area contributed by atoms with Gasteiger partial charge in [-0.3, -0.25) is 4.98 Å². The molecule has 3 N–H and O–H groups in total. The number of hydrogen-bond acceptors (Lipinski definition) is 3. The quantitative estimate of drug-likeness (QED) is 0.747. The van der Waals surface area contributed by atoms with Crippen molar-refractivity contribution >= 4 is 22.3 Å². The molecule has 0 atom stereocenters. The molecule has 0 saturated carbocycles. The van der Waals surface area contributed by atoms with Gasteiger partial charge in [0.05, 0.1) is 11.2 Å². The number of rotatable bonds is 3. The van der Waals surface area contributed by atoms with Crippen molar-refractivity contribution in [2.75, 3.05) is 5.32 Å². The van der Waals surface area contributed by atoms with E-state index in [0.717, 1.165) is 28.0 Å². The van der Waals surface area contributed by atoms with Crippen molar-refractivity contribution in [3.8, 4) is 0 Å². The molecule has 3 nitrogen and oxygen atoms in total. The van der Waals surface area contributed by atoms with Gasteiger partial charge in [-0.15, -0.1) is 0 Å². The highest BCUT2D eigenvalue weighted by molar-refractivity contribution is 5.83. The summed E-state index contributed by atoms with van der Waals surface area (Å²) in [5.41, 5.74) is 9.62. The Bertz CT molecular complexity index is 693. The van der Waals surface area contributed by atoms with E-state index in [9.17, 15) is 0 Å². The second kappa shape index (κ2) is 5.08. The van der Waals surface area contributed by atoms with Gasteiger partial charge in [0.15, 0.2) is 0 Å². The van der Waals surface area contributed by atoms with Gasteiger partial charge >= 0.3 is 0 Å². The maximum Gasteiger partial charge on any atom is 0.0707 e. The lowest BCUT2D eigenvalue weighted by molar-refractivity contribution is 1.01. The lowest BCUT2D eigenvalue weighted by Gasteiger charge is -2.07. The van der Waals surface area contributed by atoms with E-state index in [0.29, 0.717) is 6.54 Å². The van der Waals surface area contributed by atoms with Crippen LogP contribution in [0.4, 0.5) is 11.4 Å². The molecule has 0 unspecified atom stereocenters. The minimum Gasteiger partial charge on any atom is -0.356 e. The molecular formula is C16H15N3. The molecule has 19 heavy (non-hydrogen) atoms. The zero-order valence-corrected chi connectivity index (χ0v) is 10.5. The van der Waals surface area contributed by atoms with Crippen LogP contribution in [0.15, 0.2) is 60.7 Å². The predicted molar refractivity (Wildman–Crippen MR) is 79.4 cm³/mol. The lowest BCUT2D eigenvalue weighted by Crippen LogP contribution is -1.99. The van der Waals surface area contributed by atoms with Crippen LogP contribution < -0.4 is 11.1 Å². The number of nitrogens with zero attached hydrogens (tertiary/aromatic N) is 1. The summed E-state index contributed by atoms with van der Waals surface area (Å²) in [6.07, 6.45) is 0. The molecule has 3 rings (SSSR count). The molecule has 3 heteroatoms. The van der Waals surface area contributed by atoms with E-state index < -0.39 is 0 Å². The number of hydrogen-bond donors (Lipinski definition) is 2. The Morgan fingerprint density at radius 1 is 0.895 bits per heavy atom. The molecule has 94 valence electrons. The molecule has 0 aliphatic rings. The van der Waals surface area contributed by atoms with Gasteiger partial charge in [0, 0.05) is 23.3 Å². The summed E-state index contributed by atoms with van der Waals surface area (Å²) in [4.78, 5) is 4.49. The molecule has 0 saturated heterocycles. The van der Waals surface area contributed by atoms with Gasteiger partial charge in [0.1, 0.15) is 0 Å². The number of nitrogens with one attached hydrogen (secondary N) is 1. The van der Waals surface area contributed by atoms with Crippen LogP contribution in [-0.2, 0) is 6.54 Å². The monoisotopic (exact) mass is 249 g/mol. The van der Waals surface area contributed by atoms with Crippen molar-refractivity contribution in [3.63, 3.8) is 0 Å². The Balaban J connectivity index is 1.94. The van der Waals surface area contributed by atoms with Crippen molar-refractivity contribution in [1.82, 2.24) is 4.98 Å². The van der Waals surface area contributed by atoms with E-state index in [2.05, 4.69) is 22.4 Å². The average Bonchev–Trinajstić information content (AvgIpc) is 2.48. The van der Waals surface area contributed by atoms with Gasteiger partial charge in [-0.1, -0.05) is 24.3 Å². The van der Waals surface area contributed by atoms with Crippen LogP contribution in [0.3, 0.4) is 0 Å². The second-order valence-electron chi connectivity index (χ2n) is 4.41. The number of nitrogens with two attached hydrogens (primary N) is 1. The molecule has 0 fully saturated rings. The van der Waals surface area contributed by atoms with Gasteiger partial charge in [-0.05, 0) is 36.4 Å². The highest BCUT2D eigenvalue weighted by atomic mass is 14.9. The van der Waals surface area contributed by atoms with Crippen molar-refractivity contribution in [1.29, 1.82) is 0 Å². The molecule has 0 aliphatic carbocycles. The topological polar surface area (TPSA) is 50.9 Å². The maximum atomic E-state index is 5.60. The number of fused-ring (bicyclic) bond motifs is 1. The van der Waals surface area contributed by atoms with Crippen molar-refractivity contribution in [2.45, 2.75) is 6.54 Å². The van der Waals surface area contributed by atoms with Crippen LogP contribution >= 0.6 is 0 Å². The Morgan fingerprint density at radius 3 is 2.53 bits per heavy atom. The van der Waals surface area contributed by atoms with Crippen LogP contribution in [0, 0.1) is 0 Å². The number of pyridine rings is 1. The number of aromatic nitrogens is 1. The molecule has 2 aromatic carbocycles. The Labute approximate surface area is 112 Å². The predicted octanol–water partition coefficient (Wildman–Crippen LogP) is 3.44. The summed E-state index contributed by atoms with van der Waals surface area (Å²) >= 11 is 0. The highest BCUT2D eigenvalue weighted by Crippen LogP contribution is 2.21. The normalized spacial score (nSPS) is 10.6. The summed E-state index contributed by atoms with van der Waals surface area (Å²) in [6, 6.07) is 20.3. The molecule has 0 bridgehead atoms. The highest BCUT2D eigenvalue weighted by Gasteiger charge is 1.99. The Kier molecular flexibility index (Phi) is 3.12. The minimum atomic E-state index is 0.472. The summed E-state index contributed by atoms with van der Waals surface area (Å²) in [6.45, 7) is 0.472. The van der Waals surface area contributed by atoms with Crippen molar-refractivity contribution < 1.29 is 0 Å². The summed E-state index contributed by atoms with van der Waals surface area (Å²) < 4.78 is 0. The molecule has 0 aliphatic heterocycles. The maximum absolute atomic E-state index is 5.60. The third-order valence-electron chi connectivity index (χ3n) is 3.02. The summed E-state index contributed by atoms with van der Waals surface area (Å²) in [5.74, 6) is 0. The molecule has 0 spiro atoms. The van der Waals surface area contributed by atoms with Crippen molar-refractivity contribution in [2.24, 2.45) is 5.73 Å². The minimum absolute atomic E-state index is 0.472. The zero-order chi connectivity index (χ0) is 13.1. The fourth-order valence-electron chi connectivity index (χ4n) is 2.05. The van der Waals surface area contributed by atoms with E-state index in [1.165, 1.54) is 0 Å². The first-order chi connectivity index (χ1) is 9.35. The fraction of sp³-hybridized carbons (Fsp3) is 0.0625. The first kappa shape index (κ1) is 11.7. The van der Waals surface area contributed by atoms with E-state index in [4.69, 9.17) is 5.73 Å². The molecule has 1 heterocycles.